The molecule has 0 atom stereocenters. The van der Waals surface area contributed by atoms with Gasteiger partial charge in [0, 0.05) is 31.2 Å². The summed E-state index contributed by atoms with van der Waals surface area (Å²) in [5.41, 5.74) is 2.18. The average molecular weight is 442 g/mol. The Balaban J connectivity index is 1.71. The summed E-state index contributed by atoms with van der Waals surface area (Å²) in [6.45, 7) is 5.77. The Bertz CT molecular complexity index is 1310. The molecule has 0 saturated carbocycles. The van der Waals surface area contributed by atoms with E-state index in [1.165, 1.54) is 6.20 Å². The van der Waals surface area contributed by atoms with Crippen molar-refractivity contribution < 1.29 is 5.11 Å². The maximum Gasteiger partial charge on any atom is 0.328 e. The third-order valence-electron chi connectivity index (χ3n) is 5.11. The van der Waals surface area contributed by atoms with Crippen molar-refractivity contribution >= 4 is 34.1 Å². The molecule has 0 aliphatic rings. The topological polar surface area (TPSA) is 103 Å². The Hall–Kier alpha value is -3.17. The number of halogens is 1. The first-order chi connectivity index (χ1) is 14.6. The molecule has 4 aromatic rings. The number of aliphatic hydroxyl groups is 1. The highest BCUT2D eigenvalue weighted by atomic mass is 35.5. The fourth-order valence-electron chi connectivity index (χ4n) is 3.35. The van der Waals surface area contributed by atoms with Crippen molar-refractivity contribution in [2.45, 2.75) is 39.3 Å². The van der Waals surface area contributed by atoms with E-state index in [4.69, 9.17) is 11.6 Å². The largest absolute Gasteiger partial charge is 0.390 e. The van der Waals surface area contributed by atoms with Gasteiger partial charge in [0.25, 0.3) is 5.95 Å². The quantitative estimate of drug-likeness (QED) is 0.476. The van der Waals surface area contributed by atoms with Gasteiger partial charge in [-0.15, -0.1) is 0 Å². The molecule has 0 amide bonds. The van der Waals surface area contributed by atoms with Gasteiger partial charge in [-0.25, -0.2) is 14.5 Å². The molecule has 31 heavy (non-hydrogen) atoms. The van der Waals surface area contributed by atoms with Gasteiger partial charge >= 0.3 is 5.69 Å². The fourth-order valence-corrected chi connectivity index (χ4v) is 3.49. The second-order valence-corrected chi connectivity index (χ2v) is 8.54. The monoisotopic (exact) mass is 441 g/mol. The summed E-state index contributed by atoms with van der Waals surface area (Å²) in [5, 5.41) is 17.9. The fraction of sp³-hybridized carbons (Fsp3) is 0.333. The molecule has 0 unspecified atom stereocenters. The summed E-state index contributed by atoms with van der Waals surface area (Å²) >= 11 is 6.32. The van der Waals surface area contributed by atoms with Crippen LogP contribution in [-0.2, 0) is 13.6 Å². The van der Waals surface area contributed by atoms with Crippen molar-refractivity contribution in [2.75, 3.05) is 5.32 Å². The number of anilines is 2. The first-order valence-corrected chi connectivity index (χ1v) is 10.2. The van der Waals surface area contributed by atoms with Crippen LogP contribution in [0.25, 0.3) is 17.0 Å². The molecule has 0 spiro atoms. The Morgan fingerprint density at radius 1 is 1.23 bits per heavy atom. The SMILES string of the molecule is Cc1ccnn1-c1ncc(Cl)c(Nc2ccc3c(c2)n(CCC(C)(C)O)c(=O)n3C)n1. The zero-order valence-corrected chi connectivity index (χ0v) is 18.6. The first kappa shape index (κ1) is 21.1. The predicted molar refractivity (Wildman–Crippen MR) is 120 cm³/mol. The van der Waals surface area contributed by atoms with E-state index in [1.54, 1.807) is 40.9 Å². The first-order valence-electron chi connectivity index (χ1n) is 9.86. The van der Waals surface area contributed by atoms with Gasteiger partial charge in [0.15, 0.2) is 5.82 Å². The lowest BCUT2D eigenvalue weighted by Gasteiger charge is -2.17. The van der Waals surface area contributed by atoms with Crippen molar-refractivity contribution in [1.82, 2.24) is 28.9 Å². The molecule has 2 N–H and O–H groups in total. The molecule has 9 nitrogen and oxygen atoms in total. The van der Waals surface area contributed by atoms with Gasteiger partial charge in [-0.1, -0.05) is 11.6 Å². The Labute approximate surface area is 183 Å². The van der Waals surface area contributed by atoms with E-state index in [1.807, 2.05) is 31.2 Å². The van der Waals surface area contributed by atoms with Gasteiger partial charge in [-0.3, -0.25) is 9.13 Å². The maximum atomic E-state index is 12.7. The zero-order valence-electron chi connectivity index (χ0n) is 17.8. The number of aromatic nitrogens is 6. The van der Waals surface area contributed by atoms with Crippen molar-refractivity contribution in [3.05, 3.63) is 57.9 Å². The molecule has 0 aliphatic heterocycles. The lowest BCUT2D eigenvalue weighted by Crippen LogP contribution is -2.27. The van der Waals surface area contributed by atoms with E-state index in [2.05, 4.69) is 20.4 Å². The normalized spacial score (nSPS) is 11.9. The van der Waals surface area contributed by atoms with Gasteiger partial charge < -0.3 is 10.4 Å². The number of fused-ring (bicyclic) bond motifs is 1. The van der Waals surface area contributed by atoms with Crippen molar-refractivity contribution in [3.8, 4) is 5.95 Å². The number of aryl methyl sites for hydroxylation is 3. The highest BCUT2D eigenvalue weighted by Crippen LogP contribution is 2.26. The standard InChI is InChI=1S/C21H24ClN7O2/c1-13-7-9-24-29(13)19-23-12-15(22)18(26-19)25-14-5-6-16-17(11-14)28(20(30)27(16)4)10-8-21(2,3)31/h5-7,9,11-12,31H,8,10H2,1-4H3,(H,23,25,26). The van der Waals surface area contributed by atoms with Gasteiger partial charge in [0.2, 0.25) is 0 Å². The van der Waals surface area contributed by atoms with Crippen LogP contribution < -0.4 is 11.0 Å². The number of imidazole rings is 1. The molecule has 0 saturated heterocycles. The average Bonchev–Trinajstić information content (AvgIpc) is 3.23. The van der Waals surface area contributed by atoms with Crippen LogP contribution in [0.3, 0.4) is 0 Å². The Kier molecular flexibility index (Phi) is 5.32. The summed E-state index contributed by atoms with van der Waals surface area (Å²) in [6, 6.07) is 7.46. The third kappa shape index (κ3) is 4.19. The van der Waals surface area contributed by atoms with Gasteiger partial charge in [0.05, 0.1) is 22.8 Å². The number of rotatable bonds is 6. The molecule has 0 fully saturated rings. The van der Waals surface area contributed by atoms with Crippen LogP contribution >= 0.6 is 11.6 Å². The number of benzene rings is 1. The van der Waals surface area contributed by atoms with Crippen LogP contribution in [0.2, 0.25) is 5.02 Å². The zero-order chi connectivity index (χ0) is 22.3. The molecular weight excluding hydrogens is 418 g/mol. The summed E-state index contributed by atoms with van der Waals surface area (Å²) < 4.78 is 4.88. The van der Waals surface area contributed by atoms with E-state index in [0.29, 0.717) is 29.8 Å². The minimum Gasteiger partial charge on any atom is -0.390 e. The highest BCUT2D eigenvalue weighted by molar-refractivity contribution is 6.32. The molecule has 0 bridgehead atoms. The number of hydrogen-bond donors (Lipinski definition) is 2. The van der Waals surface area contributed by atoms with Crippen molar-refractivity contribution in [2.24, 2.45) is 7.05 Å². The molecule has 0 radical (unpaired) electrons. The second kappa shape index (κ2) is 7.82. The number of nitrogens with one attached hydrogen (secondary N) is 1. The summed E-state index contributed by atoms with van der Waals surface area (Å²) in [6.07, 6.45) is 3.65. The summed E-state index contributed by atoms with van der Waals surface area (Å²) in [5.74, 6) is 0.833. The minimum absolute atomic E-state index is 0.132. The van der Waals surface area contributed by atoms with E-state index >= 15 is 0 Å². The highest BCUT2D eigenvalue weighted by Gasteiger charge is 2.17. The minimum atomic E-state index is -0.868. The van der Waals surface area contributed by atoms with Gasteiger partial charge in [-0.05, 0) is 51.5 Å². The number of nitrogens with zero attached hydrogens (tertiary/aromatic N) is 6. The van der Waals surface area contributed by atoms with Crippen LogP contribution in [-0.4, -0.2) is 39.6 Å². The molecule has 162 valence electrons. The molecule has 4 rings (SSSR count). The predicted octanol–water partition coefficient (Wildman–Crippen LogP) is 3.18. The molecule has 1 aromatic carbocycles. The third-order valence-corrected chi connectivity index (χ3v) is 5.38. The Morgan fingerprint density at radius 2 is 2.00 bits per heavy atom. The van der Waals surface area contributed by atoms with Crippen molar-refractivity contribution in [1.29, 1.82) is 0 Å². The van der Waals surface area contributed by atoms with E-state index in [9.17, 15) is 9.90 Å². The summed E-state index contributed by atoms with van der Waals surface area (Å²) in [4.78, 5) is 21.5. The molecule has 0 aliphatic carbocycles. The molecule has 10 heteroatoms. The van der Waals surface area contributed by atoms with Crippen LogP contribution in [0.15, 0.2) is 41.5 Å². The Morgan fingerprint density at radius 3 is 2.68 bits per heavy atom. The van der Waals surface area contributed by atoms with Crippen LogP contribution in [0.5, 0.6) is 0 Å². The van der Waals surface area contributed by atoms with Crippen molar-refractivity contribution in [3.63, 3.8) is 0 Å². The molecule has 3 aromatic heterocycles. The second-order valence-electron chi connectivity index (χ2n) is 8.14. The maximum absolute atomic E-state index is 12.7. The smallest absolute Gasteiger partial charge is 0.328 e. The molecule has 3 heterocycles. The van der Waals surface area contributed by atoms with Crippen LogP contribution in [0.4, 0.5) is 11.5 Å². The van der Waals surface area contributed by atoms with E-state index < -0.39 is 5.60 Å². The van der Waals surface area contributed by atoms with E-state index in [0.717, 1.165) is 22.4 Å². The molecular formula is C21H24ClN7O2. The number of hydrogen-bond acceptors (Lipinski definition) is 6. The lowest BCUT2D eigenvalue weighted by atomic mass is 10.1. The van der Waals surface area contributed by atoms with Crippen LogP contribution in [0.1, 0.15) is 26.0 Å². The van der Waals surface area contributed by atoms with E-state index in [-0.39, 0.29) is 5.69 Å². The van der Waals surface area contributed by atoms with Gasteiger partial charge in [-0.2, -0.15) is 10.1 Å². The van der Waals surface area contributed by atoms with Crippen LogP contribution in [0, 0.1) is 6.92 Å². The van der Waals surface area contributed by atoms with Gasteiger partial charge in [0.1, 0.15) is 5.02 Å². The lowest BCUT2D eigenvalue weighted by molar-refractivity contribution is 0.0662. The summed E-state index contributed by atoms with van der Waals surface area (Å²) in [7, 11) is 1.73.